The van der Waals surface area contributed by atoms with Crippen molar-refractivity contribution in [1.82, 2.24) is 4.90 Å². The molecule has 6 heteroatoms. The zero-order valence-electron chi connectivity index (χ0n) is 21.7. The van der Waals surface area contributed by atoms with E-state index in [9.17, 15) is 9.59 Å². The van der Waals surface area contributed by atoms with Crippen LogP contribution in [0.15, 0.2) is 66.7 Å². The van der Waals surface area contributed by atoms with Crippen molar-refractivity contribution in [2.45, 2.75) is 58.5 Å². The van der Waals surface area contributed by atoms with Gasteiger partial charge >= 0.3 is 0 Å². The summed E-state index contributed by atoms with van der Waals surface area (Å²) in [6, 6.07) is 20.1. The van der Waals surface area contributed by atoms with Crippen LogP contribution >= 0.6 is 22.9 Å². The minimum atomic E-state index is -0.336. The molecule has 38 heavy (non-hydrogen) atoms. The number of carbonyl (C=O) groups is 2. The van der Waals surface area contributed by atoms with Crippen molar-refractivity contribution in [3.8, 4) is 11.1 Å². The Hall–Kier alpha value is -3.02. The van der Waals surface area contributed by atoms with E-state index in [1.807, 2.05) is 47.4 Å². The van der Waals surface area contributed by atoms with Crippen LogP contribution in [0.4, 0.5) is 4.39 Å². The predicted molar refractivity (Wildman–Crippen MR) is 155 cm³/mol. The van der Waals surface area contributed by atoms with E-state index >= 15 is 4.39 Å². The van der Waals surface area contributed by atoms with Gasteiger partial charge in [-0.25, -0.2) is 4.39 Å². The first-order chi connectivity index (χ1) is 18.4. The van der Waals surface area contributed by atoms with Crippen LogP contribution in [0.3, 0.4) is 0 Å². The number of hydrogen-bond acceptors (Lipinski definition) is 3. The predicted octanol–water partition coefficient (Wildman–Crippen LogP) is 9.17. The number of thiophene rings is 1. The second-order valence-corrected chi connectivity index (χ2v) is 11.6. The van der Waals surface area contributed by atoms with Gasteiger partial charge in [-0.1, -0.05) is 73.5 Å². The van der Waals surface area contributed by atoms with Crippen LogP contribution in [0.5, 0.6) is 0 Å². The summed E-state index contributed by atoms with van der Waals surface area (Å²) in [5.41, 5.74) is 2.85. The van der Waals surface area contributed by atoms with E-state index in [1.54, 1.807) is 18.2 Å². The third-order valence-electron chi connectivity index (χ3n) is 7.84. The highest BCUT2D eigenvalue weighted by atomic mass is 35.5. The van der Waals surface area contributed by atoms with Gasteiger partial charge in [0.05, 0.1) is 5.02 Å². The van der Waals surface area contributed by atoms with Crippen LogP contribution in [0, 0.1) is 11.7 Å². The maximum atomic E-state index is 15.2. The number of halogens is 2. The maximum Gasteiger partial charge on any atom is 0.266 e. The van der Waals surface area contributed by atoms with Gasteiger partial charge in [0.1, 0.15) is 10.7 Å². The van der Waals surface area contributed by atoms with Crippen molar-refractivity contribution >= 4 is 44.7 Å². The average molecular weight is 548 g/mol. The molecule has 0 bridgehead atoms. The van der Waals surface area contributed by atoms with Crippen LogP contribution in [-0.4, -0.2) is 22.6 Å². The lowest BCUT2D eigenvalue weighted by molar-refractivity contribution is 0.0590. The molecule has 0 radical (unpaired) electrons. The summed E-state index contributed by atoms with van der Waals surface area (Å²) in [5, 5.41) is 1.35. The fourth-order valence-electron chi connectivity index (χ4n) is 5.47. The molecule has 0 aliphatic heterocycles. The van der Waals surface area contributed by atoms with Gasteiger partial charge in [0, 0.05) is 33.8 Å². The second-order valence-electron chi connectivity index (χ2n) is 10.2. The van der Waals surface area contributed by atoms with Gasteiger partial charge < -0.3 is 4.90 Å². The summed E-state index contributed by atoms with van der Waals surface area (Å²) in [5.74, 6) is 0.209. The Bertz CT molecular complexity index is 1470. The minimum absolute atomic E-state index is 0.00296. The number of ketones is 1. The number of carbonyl (C=O) groups excluding carboxylic acids is 2. The monoisotopic (exact) mass is 547 g/mol. The van der Waals surface area contributed by atoms with E-state index in [4.69, 9.17) is 11.6 Å². The third kappa shape index (κ3) is 5.41. The SMILES string of the molecule is CCC1CCC(N(Cc2cc(-c3ccc(C(C)=O)cc3)ccc2F)C(=O)c2sc3ccccc3c2Cl)CC1. The van der Waals surface area contributed by atoms with Gasteiger partial charge in [0.15, 0.2) is 5.78 Å². The van der Waals surface area contributed by atoms with Crippen molar-refractivity contribution < 1.29 is 14.0 Å². The Labute approximate surface area is 232 Å². The average Bonchev–Trinajstić information content (AvgIpc) is 3.28. The minimum Gasteiger partial charge on any atom is -0.330 e. The number of nitrogens with zero attached hydrogens (tertiary/aromatic N) is 1. The van der Waals surface area contributed by atoms with Crippen molar-refractivity contribution in [3.05, 3.63) is 93.6 Å². The van der Waals surface area contributed by atoms with Crippen molar-refractivity contribution in [2.75, 3.05) is 0 Å². The lowest BCUT2D eigenvalue weighted by Crippen LogP contribution is -2.42. The first-order valence-electron chi connectivity index (χ1n) is 13.2. The number of amides is 1. The summed E-state index contributed by atoms with van der Waals surface area (Å²) in [6.07, 6.45) is 5.08. The Morgan fingerprint density at radius 2 is 1.66 bits per heavy atom. The molecule has 0 saturated heterocycles. The third-order valence-corrected chi connectivity index (χ3v) is 9.50. The first kappa shape index (κ1) is 26.6. The summed E-state index contributed by atoms with van der Waals surface area (Å²) < 4.78 is 16.2. The zero-order valence-corrected chi connectivity index (χ0v) is 23.2. The maximum absolute atomic E-state index is 15.2. The number of benzene rings is 3. The highest BCUT2D eigenvalue weighted by Gasteiger charge is 2.32. The largest absolute Gasteiger partial charge is 0.330 e. The molecule has 1 amide bonds. The summed E-state index contributed by atoms with van der Waals surface area (Å²) in [6.45, 7) is 3.93. The molecule has 1 fully saturated rings. The van der Waals surface area contributed by atoms with Crippen molar-refractivity contribution in [3.63, 3.8) is 0 Å². The highest BCUT2D eigenvalue weighted by Crippen LogP contribution is 2.38. The van der Waals surface area contributed by atoms with E-state index in [-0.39, 0.29) is 30.1 Å². The molecule has 3 aromatic carbocycles. The van der Waals surface area contributed by atoms with Crippen LogP contribution in [-0.2, 0) is 6.54 Å². The molecule has 5 rings (SSSR count). The standard InChI is InChI=1S/C32H31ClFNO2S/c1-3-21-8-15-26(16-9-21)35(32(37)31-30(33)27-6-4-5-7-29(27)38-31)19-25-18-24(14-17-28(25)34)23-12-10-22(11-13-23)20(2)36/h4-7,10-14,17-18,21,26H,3,8-9,15-16,19H2,1-2H3. The number of hydrogen-bond donors (Lipinski definition) is 0. The van der Waals surface area contributed by atoms with Crippen molar-refractivity contribution in [2.24, 2.45) is 5.92 Å². The molecule has 1 heterocycles. The van der Waals surface area contributed by atoms with E-state index < -0.39 is 0 Å². The Kier molecular flexibility index (Phi) is 7.96. The Morgan fingerprint density at radius 1 is 0.974 bits per heavy atom. The first-order valence-corrected chi connectivity index (χ1v) is 14.4. The van der Waals surface area contributed by atoms with Gasteiger partial charge in [-0.05, 0) is 67.9 Å². The quantitative estimate of drug-likeness (QED) is 0.216. The molecule has 4 aromatic rings. The van der Waals surface area contributed by atoms with Crippen LogP contribution in [0.2, 0.25) is 5.02 Å². The second kappa shape index (κ2) is 11.4. The number of rotatable bonds is 7. The van der Waals surface area contributed by atoms with E-state index in [0.29, 0.717) is 26.9 Å². The molecular weight excluding hydrogens is 517 g/mol. The molecule has 1 aliphatic rings. The molecular formula is C32H31ClFNO2S. The lowest BCUT2D eigenvalue weighted by Gasteiger charge is -2.37. The summed E-state index contributed by atoms with van der Waals surface area (Å²) in [4.78, 5) is 28.1. The van der Waals surface area contributed by atoms with Crippen molar-refractivity contribution in [1.29, 1.82) is 0 Å². The van der Waals surface area contributed by atoms with E-state index in [2.05, 4.69) is 6.92 Å². The van der Waals surface area contributed by atoms with Gasteiger partial charge in [0.2, 0.25) is 0 Å². The molecule has 0 unspecified atom stereocenters. The van der Waals surface area contributed by atoms with E-state index in [0.717, 1.165) is 53.3 Å². The zero-order chi connectivity index (χ0) is 26.8. The molecule has 196 valence electrons. The molecule has 0 spiro atoms. The van der Waals surface area contributed by atoms with Crippen LogP contribution < -0.4 is 0 Å². The molecule has 0 atom stereocenters. The van der Waals surface area contributed by atoms with Gasteiger partial charge in [-0.15, -0.1) is 11.3 Å². The summed E-state index contributed by atoms with van der Waals surface area (Å²) >= 11 is 8.12. The van der Waals surface area contributed by atoms with Gasteiger partial charge in [-0.3, -0.25) is 9.59 Å². The molecule has 1 aromatic heterocycles. The topological polar surface area (TPSA) is 37.4 Å². The molecule has 0 N–H and O–H groups in total. The number of fused-ring (bicyclic) bond motifs is 1. The summed E-state index contributed by atoms with van der Waals surface area (Å²) in [7, 11) is 0. The molecule has 1 saturated carbocycles. The number of Topliss-reactive ketones (excluding diaryl/α,β-unsaturated/α-hetero) is 1. The fraction of sp³-hybridized carbons (Fsp3) is 0.312. The Balaban J connectivity index is 1.49. The molecule has 3 nitrogen and oxygen atoms in total. The molecule has 1 aliphatic carbocycles. The van der Waals surface area contributed by atoms with E-state index in [1.165, 1.54) is 24.3 Å². The van der Waals surface area contributed by atoms with Gasteiger partial charge in [0.25, 0.3) is 5.91 Å². The fourth-order valence-corrected chi connectivity index (χ4v) is 6.94. The smallest absolute Gasteiger partial charge is 0.266 e. The lowest BCUT2D eigenvalue weighted by atomic mass is 9.83. The van der Waals surface area contributed by atoms with Gasteiger partial charge in [-0.2, -0.15) is 0 Å². The highest BCUT2D eigenvalue weighted by molar-refractivity contribution is 7.21. The van der Waals surface area contributed by atoms with Crippen LogP contribution in [0.1, 0.15) is 71.5 Å². The van der Waals surface area contributed by atoms with Crippen LogP contribution in [0.25, 0.3) is 21.2 Å². The normalized spacial score (nSPS) is 17.5. The Morgan fingerprint density at radius 3 is 2.32 bits per heavy atom.